The second-order valence-electron chi connectivity index (χ2n) is 5.01. The molecule has 1 aromatic carbocycles. The van der Waals surface area contributed by atoms with Crippen LogP contribution in [0.2, 0.25) is 5.02 Å². The van der Waals surface area contributed by atoms with Crippen molar-refractivity contribution < 1.29 is 5.11 Å². The molecular formula is C17H22ClN3OS. The number of nitrogens with one attached hydrogen (secondary N) is 2. The summed E-state index contributed by atoms with van der Waals surface area (Å²) in [6, 6.07) is 11.5. The molecule has 1 aromatic heterocycles. The summed E-state index contributed by atoms with van der Waals surface area (Å²) in [5, 5.41) is 19.4. The zero-order chi connectivity index (χ0) is 16.5. The van der Waals surface area contributed by atoms with Crippen LogP contribution < -0.4 is 10.6 Å². The molecule has 0 saturated heterocycles. The van der Waals surface area contributed by atoms with Crippen LogP contribution in [0.15, 0.2) is 46.8 Å². The molecule has 0 fully saturated rings. The highest BCUT2D eigenvalue weighted by atomic mass is 35.5. The third-order valence-electron chi connectivity index (χ3n) is 3.27. The van der Waals surface area contributed by atoms with Crippen molar-refractivity contribution in [1.82, 2.24) is 10.6 Å². The Kier molecular flexibility index (Phi) is 7.39. The minimum atomic E-state index is -0.712. The maximum Gasteiger partial charge on any atom is 0.191 e. The summed E-state index contributed by atoms with van der Waals surface area (Å²) in [7, 11) is 0. The van der Waals surface area contributed by atoms with Crippen LogP contribution in [-0.2, 0) is 6.42 Å². The van der Waals surface area contributed by atoms with E-state index in [1.807, 2.05) is 25.1 Å². The molecule has 0 radical (unpaired) electrons. The van der Waals surface area contributed by atoms with Gasteiger partial charge in [0.2, 0.25) is 0 Å². The summed E-state index contributed by atoms with van der Waals surface area (Å²) in [4.78, 5) is 5.78. The molecule has 0 saturated carbocycles. The summed E-state index contributed by atoms with van der Waals surface area (Å²) in [6.45, 7) is 3.85. The lowest BCUT2D eigenvalue weighted by Crippen LogP contribution is -2.38. The largest absolute Gasteiger partial charge is 0.386 e. The first-order valence-corrected chi connectivity index (χ1v) is 8.93. The number of aliphatic hydroxyl groups excluding tert-OH is 1. The van der Waals surface area contributed by atoms with Crippen molar-refractivity contribution >= 4 is 28.9 Å². The van der Waals surface area contributed by atoms with E-state index in [9.17, 15) is 5.11 Å². The molecule has 124 valence electrons. The van der Waals surface area contributed by atoms with Gasteiger partial charge in [-0.3, -0.25) is 4.99 Å². The van der Waals surface area contributed by atoms with E-state index in [-0.39, 0.29) is 6.54 Å². The Balaban J connectivity index is 1.88. The van der Waals surface area contributed by atoms with Gasteiger partial charge < -0.3 is 15.7 Å². The molecule has 0 aliphatic heterocycles. The van der Waals surface area contributed by atoms with E-state index < -0.39 is 6.10 Å². The average Bonchev–Trinajstić information content (AvgIpc) is 3.06. The second kappa shape index (κ2) is 9.55. The minimum Gasteiger partial charge on any atom is -0.386 e. The van der Waals surface area contributed by atoms with Gasteiger partial charge in [0, 0.05) is 28.6 Å². The van der Waals surface area contributed by atoms with Crippen molar-refractivity contribution in [2.24, 2.45) is 4.99 Å². The third-order valence-corrected chi connectivity index (χ3v) is 4.56. The predicted octanol–water partition coefficient (Wildman–Crippen LogP) is 3.23. The summed E-state index contributed by atoms with van der Waals surface area (Å²) in [5.74, 6) is 0.704. The summed E-state index contributed by atoms with van der Waals surface area (Å²) >= 11 is 7.85. The van der Waals surface area contributed by atoms with Crippen molar-refractivity contribution in [2.45, 2.75) is 19.4 Å². The van der Waals surface area contributed by atoms with Crippen LogP contribution in [-0.4, -0.2) is 30.7 Å². The second-order valence-corrected chi connectivity index (χ2v) is 6.45. The zero-order valence-electron chi connectivity index (χ0n) is 13.1. The van der Waals surface area contributed by atoms with Gasteiger partial charge in [-0.15, -0.1) is 11.3 Å². The lowest BCUT2D eigenvalue weighted by atomic mass is 10.1. The molecule has 0 aliphatic rings. The van der Waals surface area contributed by atoms with E-state index in [4.69, 9.17) is 11.6 Å². The van der Waals surface area contributed by atoms with Gasteiger partial charge in [0.25, 0.3) is 0 Å². The highest BCUT2D eigenvalue weighted by Crippen LogP contribution is 2.22. The Hall–Kier alpha value is -1.56. The van der Waals surface area contributed by atoms with E-state index in [2.05, 4.69) is 33.1 Å². The van der Waals surface area contributed by atoms with Crippen LogP contribution in [0.4, 0.5) is 0 Å². The molecule has 4 nitrogen and oxygen atoms in total. The van der Waals surface area contributed by atoms with E-state index in [1.165, 1.54) is 4.88 Å². The fourth-order valence-corrected chi connectivity index (χ4v) is 3.09. The van der Waals surface area contributed by atoms with E-state index in [0.717, 1.165) is 19.5 Å². The topological polar surface area (TPSA) is 56.7 Å². The quantitative estimate of drug-likeness (QED) is 0.530. The molecule has 1 unspecified atom stereocenters. The lowest BCUT2D eigenvalue weighted by molar-refractivity contribution is 0.187. The number of hydrogen-bond acceptors (Lipinski definition) is 3. The van der Waals surface area contributed by atoms with Gasteiger partial charge in [0.05, 0.1) is 6.54 Å². The Bertz CT molecular complexity index is 616. The molecule has 3 N–H and O–H groups in total. The molecular weight excluding hydrogens is 330 g/mol. The van der Waals surface area contributed by atoms with Gasteiger partial charge in [-0.1, -0.05) is 35.9 Å². The summed E-state index contributed by atoms with van der Waals surface area (Å²) < 4.78 is 0. The van der Waals surface area contributed by atoms with E-state index in [1.54, 1.807) is 17.4 Å². The first-order valence-electron chi connectivity index (χ1n) is 7.67. The minimum absolute atomic E-state index is 0.262. The van der Waals surface area contributed by atoms with Crippen molar-refractivity contribution in [1.29, 1.82) is 0 Å². The third kappa shape index (κ3) is 5.86. The van der Waals surface area contributed by atoms with Crippen molar-refractivity contribution in [3.8, 4) is 0 Å². The first-order chi connectivity index (χ1) is 11.2. The standard InChI is InChI=1S/C17H22ClN3OS/c1-2-19-17(20-10-9-13-6-5-11-23-13)21-12-16(22)14-7-3-4-8-15(14)18/h3-8,11,16,22H,2,9-10,12H2,1H3,(H2,19,20,21). The van der Waals surface area contributed by atoms with Crippen LogP contribution in [0.5, 0.6) is 0 Å². The molecule has 6 heteroatoms. The maximum atomic E-state index is 10.2. The highest BCUT2D eigenvalue weighted by molar-refractivity contribution is 7.09. The normalized spacial score (nSPS) is 12.9. The van der Waals surface area contributed by atoms with Crippen LogP contribution in [0.3, 0.4) is 0 Å². The smallest absolute Gasteiger partial charge is 0.191 e. The van der Waals surface area contributed by atoms with Crippen LogP contribution in [0.25, 0.3) is 0 Å². The molecule has 0 spiro atoms. The number of hydrogen-bond donors (Lipinski definition) is 3. The number of thiophene rings is 1. The molecule has 2 rings (SSSR count). The summed E-state index contributed by atoms with van der Waals surface area (Å²) in [5.41, 5.74) is 0.701. The number of aliphatic hydroxyl groups is 1. The van der Waals surface area contributed by atoms with Crippen LogP contribution >= 0.6 is 22.9 Å². The van der Waals surface area contributed by atoms with Crippen molar-refractivity contribution in [3.05, 3.63) is 57.2 Å². The fourth-order valence-electron chi connectivity index (χ4n) is 2.12. The monoisotopic (exact) mass is 351 g/mol. The Labute approximate surface area is 146 Å². The number of rotatable bonds is 7. The lowest BCUT2D eigenvalue weighted by Gasteiger charge is -2.14. The fraction of sp³-hybridized carbons (Fsp3) is 0.353. The van der Waals surface area contributed by atoms with Crippen molar-refractivity contribution in [2.75, 3.05) is 19.6 Å². The Morgan fingerprint density at radius 1 is 1.26 bits per heavy atom. The maximum absolute atomic E-state index is 10.2. The number of benzene rings is 1. The predicted molar refractivity (Wildman–Crippen MR) is 98.4 cm³/mol. The van der Waals surface area contributed by atoms with Crippen molar-refractivity contribution in [3.63, 3.8) is 0 Å². The highest BCUT2D eigenvalue weighted by Gasteiger charge is 2.10. The Morgan fingerprint density at radius 2 is 2.09 bits per heavy atom. The number of nitrogens with zero attached hydrogens (tertiary/aromatic N) is 1. The zero-order valence-corrected chi connectivity index (χ0v) is 14.7. The molecule has 0 amide bonds. The van der Waals surface area contributed by atoms with E-state index in [0.29, 0.717) is 16.5 Å². The van der Waals surface area contributed by atoms with Gasteiger partial charge in [-0.25, -0.2) is 0 Å². The van der Waals surface area contributed by atoms with Crippen LogP contribution in [0, 0.1) is 0 Å². The van der Waals surface area contributed by atoms with Gasteiger partial charge in [-0.05, 0) is 30.9 Å². The number of aliphatic imine (C=N–C) groups is 1. The number of guanidine groups is 1. The Morgan fingerprint density at radius 3 is 2.78 bits per heavy atom. The molecule has 1 heterocycles. The average molecular weight is 352 g/mol. The first kappa shape index (κ1) is 17.8. The molecule has 0 bridgehead atoms. The molecule has 1 atom stereocenters. The molecule has 0 aliphatic carbocycles. The van der Waals surface area contributed by atoms with Gasteiger partial charge in [-0.2, -0.15) is 0 Å². The van der Waals surface area contributed by atoms with Gasteiger partial charge in [0.15, 0.2) is 5.96 Å². The van der Waals surface area contributed by atoms with Gasteiger partial charge >= 0.3 is 0 Å². The summed E-state index contributed by atoms with van der Waals surface area (Å²) in [6.07, 6.45) is 0.242. The molecule has 23 heavy (non-hydrogen) atoms. The van der Waals surface area contributed by atoms with E-state index >= 15 is 0 Å². The van der Waals surface area contributed by atoms with Gasteiger partial charge in [0.1, 0.15) is 6.10 Å². The van der Waals surface area contributed by atoms with Crippen LogP contribution in [0.1, 0.15) is 23.5 Å². The molecule has 2 aromatic rings. The SMILES string of the molecule is CCNC(=NCC(O)c1ccccc1Cl)NCCc1cccs1. The number of halogens is 1.